The molecule has 27 heavy (non-hydrogen) atoms. The van der Waals surface area contributed by atoms with E-state index in [0.29, 0.717) is 5.69 Å². The van der Waals surface area contributed by atoms with Crippen molar-refractivity contribution in [2.75, 3.05) is 11.6 Å². The lowest BCUT2D eigenvalue weighted by Gasteiger charge is -2.08. The SMILES string of the molecule is Cc1ccc(S(C)(=O)=O)cc1NC(=O)/C=C/c1ccc(-c2ccccc2)s1. The lowest BCUT2D eigenvalue weighted by molar-refractivity contribution is -0.111. The van der Waals surface area contributed by atoms with Crippen LogP contribution in [0, 0.1) is 6.92 Å². The van der Waals surface area contributed by atoms with Gasteiger partial charge in [0, 0.05) is 27.8 Å². The number of aryl methyl sites for hydroxylation is 1. The Kier molecular flexibility index (Phi) is 5.58. The van der Waals surface area contributed by atoms with Crippen molar-refractivity contribution in [2.45, 2.75) is 11.8 Å². The fourth-order valence-electron chi connectivity index (χ4n) is 2.50. The summed E-state index contributed by atoms with van der Waals surface area (Å²) in [5.74, 6) is -0.307. The van der Waals surface area contributed by atoms with Crippen molar-refractivity contribution in [1.82, 2.24) is 0 Å². The van der Waals surface area contributed by atoms with Gasteiger partial charge in [-0.3, -0.25) is 4.79 Å². The molecule has 0 saturated heterocycles. The molecule has 1 aromatic heterocycles. The zero-order valence-corrected chi connectivity index (χ0v) is 16.6. The molecule has 0 aliphatic rings. The van der Waals surface area contributed by atoms with Crippen LogP contribution >= 0.6 is 11.3 Å². The Morgan fingerprint density at radius 3 is 2.48 bits per heavy atom. The Bertz CT molecular complexity index is 1100. The average molecular weight is 398 g/mol. The molecule has 0 unspecified atom stereocenters. The van der Waals surface area contributed by atoms with Crippen molar-refractivity contribution in [3.63, 3.8) is 0 Å². The fourth-order valence-corrected chi connectivity index (χ4v) is 4.06. The first kappa shape index (κ1) is 19.1. The second-order valence-electron chi connectivity index (χ2n) is 6.14. The summed E-state index contributed by atoms with van der Waals surface area (Å²) in [4.78, 5) is 14.5. The fraction of sp³-hybridized carbons (Fsp3) is 0.0952. The molecule has 0 saturated carbocycles. The molecule has 6 heteroatoms. The third-order valence-corrected chi connectivity index (χ3v) is 6.19. The summed E-state index contributed by atoms with van der Waals surface area (Å²) >= 11 is 1.60. The van der Waals surface area contributed by atoms with E-state index in [1.54, 1.807) is 23.5 Å². The lowest BCUT2D eigenvalue weighted by Crippen LogP contribution is -2.10. The number of hydrogen-bond donors (Lipinski definition) is 1. The highest BCUT2D eigenvalue weighted by atomic mass is 32.2. The van der Waals surface area contributed by atoms with Crippen LogP contribution in [0.25, 0.3) is 16.5 Å². The van der Waals surface area contributed by atoms with E-state index in [1.807, 2.05) is 49.4 Å². The number of sulfone groups is 1. The number of rotatable bonds is 5. The van der Waals surface area contributed by atoms with Gasteiger partial charge in [-0.1, -0.05) is 36.4 Å². The number of carbonyl (C=O) groups excluding carboxylic acids is 1. The zero-order chi connectivity index (χ0) is 19.4. The van der Waals surface area contributed by atoms with Gasteiger partial charge in [0.2, 0.25) is 5.91 Å². The van der Waals surface area contributed by atoms with Crippen LogP contribution in [-0.4, -0.2) is 20.6 Å². The standard InChI is InChI=1S/C21H19NO3S2/c1-15-8-11-18(27(2,24)25)14-19(15)22-21(23)13-10-17-9-12-20(26-17)16-6-4-3-5-7-16/h3-14H,1-2H3,(H,22,23)/b13-10+. The summed E-state index contributed by atoms with van der Waals surface area (Å²) in [6.45, 7) is 1.82. The van der Waals surface area contributed by atoms with Crippen LogP contribution in [0.5, 0.6) is 0 Å². The van der Waals surface area contributed by atoms with E-state index in [4.69, 9.17) is 0 Å². The van der Waals surface area contributed by atoms with Crippen molar-refractivity contribution in [3.05, 3.63) is 77.2 Å². The lowest BCUT2D eigenvalue weighted by atomic mass is 10.2. The van der Waals surface area contributed by atoms with E-state index in [1.165, 1.54) is 18.2 Å². The van der Waals surface area contributed by atoms with Gasteiger partial charge in [-0.05, 0) is 48.4 Å². The number of thiophene rings is 1. The van der Waals surface area contributed by atoms with Crippen molar-refractivity contribution in [3.8, 4) is 10.4 Å². The zero-order valence-electron chi connectivity index (χ0n) is 15.0. The maximum absolute atomic E-state index is 12.2. The van der Waals surface area contributed by atoms with E-state index in [-0.39, 0.29) is 10.8 Å². The summed E-state index contributed by atoms with van der Waals surface area (Å²) < 4.78 is 23.4. The summed E-state index contributed by atoms with van der Waals surface area (Å²) in [7, 11) is -3.32. The molecule has 0 bridgehead atoms. The van der Waals surface area contributed by atoms with Gasteiger partial charge in [0.05, 0.1) is 4.90 Å². The normalized spacial score (nSPS) is 11.6. The van der Waals surface area contributed by atoms with Crippen LogP contribution < -0.4 is 5.32 Å². The predicted molar refractivity (Wildman–Crippen MR) is 112 cm³/mol. The molecule has 1 heterocycles. The van der Waals surface area contributed by atoms with Gasteiger partial charge in [-0.2, -0.15) is 0 Å². The van der Waals surface area contributed by atoms with E-state index < -0.39 is 9.84 Å². The van der Waals surface area contributed by atoms with Gasteiger partial charge in [0.15, 0.2) is 9.84 Å². The quantitative estimate of drug-likeness (QED) is 0.630. The first-order valence-electron chi connectivity index (χ1n) is 8.28. The van der Waals surface area contributed by atoms with Gasteiger partial charge >= 0.3 is 0 Å². The van der Waals surface area contributed by atoms with Crippen LogP contribution in [0.4, 0.5) is 5.69 Å². The maximum atomic E-state index is 12.2. The van der Waals surface area contributed by atoms with E-state index >= 15 is 0 Å². The molecule has 2 aromatic carbocycles. The molecule has 0 spiro atoms. The Morgan fingerprint density at radius 2 is 1.78 bits per heavy atom. The largest absolute Gasteiger partial charge is 0.322 e. The minimum atomic E-state index is -3.32. The van der Waals surface area contributed by atoms with Crippen molar-refractivity contribution >= 4 is 38.8 Å². The van der Waals surface area contributed by atoms with Crippen LogP contribution in [0.15, 0.2) is 71.6 Å². The van der Waals surface area contributed by atoms with Crippen LogP contribution in [0.1, 0.15) is 10.4 Å². The minimum absolute atomic E-state index is 0.179. The molecule has 3 aromatic rings. The summed E-state index contributed by atoms with van der Waals surface area (Å²) in [6, 6.07) is 18.7. The average Bonchev–Trinajstić information content (AvgIpc) is 3.11. The van der Waals surface area contributed by atoms with Crippen molar-refractivity contribution in [1.29, 1.82) is 0 Å². The first-order valence-corrected chi connectivity index (χ1v) is 11.0. The number of anilines is 1. The summed E-state index contributed by atoms with van der Waals surface area (Å²) in [6.07, 6.45) is 4.35. The molecule has 0 atom stereocenters. The number of nitrogens with one attached hydrogen (secondary N) is 1. The van der Waals surface area contributed by atoms with Crippen LogP contribution in [-0.2, 0) is 14.6 Å². The third kappa shape index (κ3) is 4.93. The highest BCUT2D eigenvalue weighted by Crippen LogP contribution is 2.28. The van der Waals surface area contributed by atoms with Crippen LogP contribution in [0.3, 0.4) is 0 Å². The third-order valence-electron chi connectivity index (χ3n) is 3.98. The molecular weight excluding hydrogens is 378 g/mol. The Labute approximate surface area is 163 Å². The molecule has 4 nitrogen and oxygen atoms in total. The Hall–Kier alpha value is -2.70. The molecule has 3 rings (SSSR count). The Morgan fingerprint density at radius 1 is 1.04 bits per heavy atom. The van der Waals surface area contributed by atoms with Gasteiger partial charge in [0.25, 0.3) is 0 Å². The smallest absolute Gasteiger partial charge is 0.248 e. The van der Waals surface area contributed by atoms with Gasteiger partial charge in [-0.15, -0.1) is 11.3 Å². The second-order valence-corrected chi connectivity index (χ2v) is 9.27. The van der Waals surface area contributed by atoms with Crippen molar-refractivity contribution < 1.29 is 13.2 Å². The highest BCUT2D eigenvalue weighted by Gasteiger charge is 2.10. The topological polar surface area (TPSA) is 63.2 Å². The van der Waals surface area contributed by atoms with E-state index in [9.17, 15) is 13.2 Å². The highest BCUT2D eigenvalue weighted by molar-refractivity contribution is 7.90. The monoisotopic (exact) mass is 397 g/mol. The summed E-state index contributed by atoms with van der Waals surface area (Å²) in [5, 5.41) is 2.75. The van der Waals surface area contributed by atoms with Crippen LogP contribution in [0.2, 0.25) is 0 Å². The molecule has 0 aliphatic heterocycles. The number of carbonyl (C=O) groups is 1. The number of benzene rings is 2. The number of amides is 1. The van der Waals surface area contributed by atoms with Gasteiger partial charge in [0.1, 0.15) is 0 Å². The van der Waals surface area contributed by atoms with Gasteiger partial charge in [-0.25, -0.2) is 8.42 Å². The molecular formula is C21H19NO3S2. The molecule has 0 fully saturated rings. The molecule has 1 amide bonds. The molecule has 0 aliphatic carbocycles. The number of hydrogen-bond acceptors (Lipinski definition) is 4. The van der Waals surface area contributed by atoms with Gasteiger partial charge < -0.3 is 5.32 Å². The summed E-state index contributed by atoms with van der Waals surface area (Å²) in [5.41, 5.74) is 2.43. The van der Waals surface area contributed by atoms with Crippen molar-refractivity contribution in [2.24, 2.45) is 0 Å². The predicted octanol–water partition coefficient (Wildman–Crippen LogP) is 4.78. The molecule has 138 valence electrons. The molecule has 0 radical (unpaired) electrons. The maximum Gasteiger partial charge on any atom is 0.248 e. The Balaban J connectivity index is 1.72. The van der Waals surface area contributed by atoms with E-state index in [0.717, 1.165) is 27.1 Å². The van der Waals surface area contributed by atoms with E-state index in [2.05, 4.69) is 5.32 Å². The second kappa shape index (κ2) is 7.90. The first-order chi connectivity index (χ1) is 12.8. The molecule has 1 N–H and O–H groups in total. The minimum Gasteiger partial charge on any atom is -0.322 e.